The minimum Gasteiger partial charge on any atom is -0.388 e. The Morgan fingerprint density at radius 3 is 2.31 bits per heavy atom. The molecule has 0 spiro atoms. The van der Waals surface area contributed by atoms with E-state index in [1.165, 1.54) is 5.01 Å². The zero-order valence-corrected chi connectivity index (χ0v) is 15.4. The van der Waals surface area contributed by atoms with Crippen LogP contribution in [0.3, 0.4) is 0 Å². The number of thiocarbonyl (C=S) groups is 1. The van der Waals surface area contributed by atoms with Crippen molar-refractivity contribution in [3.8, 4) is 0 Å². The number of nitrogens with zero attached hydrogens (tertiary/aromatic N) is 1. The molecular weight excluding hydrogens is 358 g/mol. The van der Waals surface area contributed by atoms with Crippen molar-refractivity contribution in [2.45, 2.75) is 44.3 Å². The highest BCUT2D eigenvalue weighted by Gasteiger charge is 2.48. The van der Waals surface area contributed by atoms with Gasteiger partial charge in [-0.15, -0.1) is 0 Å². The predicted octanol–water partition coefficient (Wildman–Crippen LogP) is -1.08. The number of rotatable bonds is 5. The Labute approximate surface area is 157 Å². The quantitative estimate of drug-likeness (QED) is 0.278. The molecule has 1 unspecified atom stereocenters. The number of hydrazine groups is 1. The van der Waals surface area contributed by atoms with E-state index in [-0.39, 0.29) is 5.11 Å². The number of aliphatic hydroxyl groups is 4. The molecule has 0 heterocycles. The Hall–Kier alpha value is -1.62. The van der Waals surface area contributed by atoms with Crippen molar-refractivity contribution in [1.82, 2.24) is 10.7 Å². The lowest BCUT2D eigenvalue weighted by atomic mass is 9.85. The first-order valence-electron chi connectivity index (χ1n) is 8.39. The summed E-state index contributed by atoms with van der Waals surface area (Å²) < 4.78 is 0. The highest BCUT2D eigenvalue weighted by Crippen LogP contribution is 2.20. The summed E-state index contributed by atoms with van der Waals surface area (Å²) in [7, 11) is 0. The van der Waals surface area contributed by atoms with Crippen LogP contribution in [-0.4, -0.2) is 68.3 Å². The fourth-order valence-corrected chi connectivity index (χ4v) is 2.83. The molecule has 5 atom stereocenters. The molecule has 1 aromatic rings. The van der Waals surface area contributed by atoms with E-state index in [1.54, 1.807) is 24.3 Å². The van der Waals surface area contributed by atoms with Gasteiger partial charge in [-0.05, 0) is 30.3 Å². The molecule has 0 saturated heterocycles. The van der Waals surface area contributed by atoms with E-state index in [1.807, 2.05) is 19.9 Å². The monoisotopic (exact) mass is 383 g/mol. The van der Waals surface area contributed by atoms with Gasteiger partial charge in [0.1, 0.15) is 30.5 Å². The highest BCUT2D eigenvalue weighted by atomic mass is 32.1. The molecule has 1 aliphatic rings. The van der Waals surface area contributed by atoms with Crippen LogP contribution in [0.1, 0.15) is 13.8 Å². The average molecular weight is 383 g/mol. The Kier molecular flexibility index (Phi) is 7.04. The maximum atomic E-state index is 12.3. The first-order chi connectivity index (χ1) is 12.2. The molecule has 1 saturated carbocycles. The molecule has 8 nitrogen and oxygen atoms in total. The molecule has 0 radical (unpaired) electrons. The Morgan fingerprint density at radius 1 is 1.12 bits per heavy atom. The zero-order chi connectivity index (χ0) is 19.4. The van der Waals surface area contributed by atoms with Crippen LogP contribution in [0.4, 0.5) is 5.69 Å². The number of aliphatic hydroxyl groups excluding tert-OH is 4. The minimum absolute atomic E-state index is 0.264. The number of ketones is 1. The van der Waals surface area contributed by atoms with Crippen molar-refractivity contribution >= 4 is 28.8 Å². The molecule has 0 bridgehead atoms. The third-order valence-electron chi connectivity index (χ3n) is 4.11. The van der Waals surface area contributed by atoms with Crippen molar-refractivity contribution in [3.63, 3.8) is 0 Å². The van der Waals surface area contributed by atoms with Gasteiger partial charge in [0.25, 0.3) is 0 Å². The smallest absolute Gasteiger partial charge is 0.188 e. The molecule has 1 fully saturated rings. The fourth-order valence-electron chi connectivity index (χ4n) is 2.58. The molecular formula is C17H25N3O5S. The number of hydrogen-bond donors (Lipinski definition) is 6. The summed E-state index contributed by atoms with van der Waals surface area (Å²) in [6, 6.07) is 7.53. The van der Waals surface area contributed by atoms with E-state index in [4.69, 9.17) is 12.2 Å². The van der Waals surface area contributed by atoms with Crippen LogP contribution in [0.25, 0.3) is 0 Å². The second-order valence-corrected chi connectivity index (χ2v) is 7.06. The second kappa shape index (κ2) is 8.85. The van der Waals surface area contributed by atoms with Crippen LogP contribution in [0.2, 0.25) is 0 Å². The van der Waals surface area contributed by atoms with E-state index in [0.29, 0.717) is 18.2 Å². The van der Waals surface area contributed by atoms with E-state index in [2.05, 4.69) is 10.7 Å². The molecule has 26 heavy (non-hydrogen) atoms. The Balaban J connectivity index is 2.25. The lowest BCUT2D eigenvalue weighted by Gasteiger charge is -2.40. The van der Waals surface area contributed by atoms with Gasteiger partial charge in [0.2, 0.25) is 0 Å². The second-order valence-electron chi connectivity index (χ2n) is 6.68. The van der Waals surface area contributed by atoms with Crippen LogP contribution in [0.5, 0.6) is 0 Å². The van der Waals surface area contributed by atoms with Gasteiger partial charge in [0, 0.05) is 6.54 Å². The first-order valence-corrected chi connectivity index (χ1v) is 8.80. The van der Waals surface area contributed by atoms with Gasteiger partial charge in [-0.3, -0.25) is 9.80 Å². The van der Waals surface area contributed by atoms with Gasteiger partial charge in [-0.2, -0.15) is 0 Å². The predicted molar refractivity (Wildman–Crippen MR) is 100 cm³/mol. The number of para-hydroxylation sites is 1. The number of hydrogen-bond acceptors (Lipinski definition) is 7. The molecule has 1 aromatic carbocycles. The first kappa shape index (κ1) is 20.7. The fraction of sp³-hybridized carbons (Fsp3) is 0.529. The van der Waals surface area contributed by atoms with E-state index < -0.39 is 36.2 Å². The average Bonchev–Trinajstić information content (AvgIpc) is 2.63. The van der Waals surface area contributed by atoms with Crippen molar-refractivity contribution in [3.05, 3.63) is 30.3 Å². The molecule has 144 valence electrons. The third-order valence-corrected chi connectivity index (χ3v) is 4.44. The van der Waals surface area contributed by atoms with Gasteiger partial charge < -0.3 is 25.7 Å². The molecule has 9 heteroatoms. The summed E-state index contributed by atoms with van der Waals surface area (Å²) in [6.07, 6.45) is -6.83. The van der Waals surface area contributed by atoms with Gasteiger partial charge in [0.05, 0.1) is 5.69 Å². The zero-order valence-electron chi connectivity index (χ0n) is 14.6. The highest BCUT2D eigenvalue weighted by molar-refractivity contribution is 7.80. The normalized spacial score (nSPS) is 28.9. The lowest BCUT2D eigenvalue weighted by Crippen LogP contribution is -2.69. The van der Waals surface area contributed by atoms with Crippen LogP contribution >= 0.6 is 12.2 Å². The summed E-state index contributed by atoms with van der Waals surface area (Å²) in [5.41, 5.74) is 3.38. The van der Waals surface area contributed by atoms with Crippen LogP contribution < -0.4 is 15.8 Å². The van der Waals surface area contributed by atoms with Gasteiger partial charge >= 0.3 is 0 Å². The van der Waals surface area contributed by atoms with Crippen LogP contribution in [0.15, 0.2) is 30.3 Å². The minimum atomic E-state index is -1.80. The molecule has 0 aromatic heterocycles. The number of anilines is 1. The molecule has 0 aliphatic heterocycles. The van der Waals surface area contributed by atoms with Crippen molar-refractivity contribution < 1.29 is 25.2 Å². The number of benzene rings is 1. The largest absolute Gasteiger partial charge is 0.388 e. The van der Waals surface area contributed by atoms with Gasteiger partial charge in [-0.1, -0.05) is 32.0 Å². The number of nitrogens with one attached hydrogen (secondary N) is 2. The summed E-state index contributed by atoms with van der Waals surface area (Å²) in [5, 5.41) is 44.3. The maximum absolute atomic E-state index is 12.3. The van der Waals surface area contributed by atoms with Gasteiger partial charge in [0.15, 0.2) is 10.9 Å². The molecule has 2 rings (SSSR count). The summed E-state index contributed by atoms with van der Waals surface area (Å²) in [5.74, 6) is -0.505. The summed E-state index contributed by atoms with van der Waals surface area (Å²) in [6.45, 7) is 4.62. The standard InChI is InChI=1S/C17H25N3O5S/c1-9(2)8-18-17(26)20(10-6-4-3-5-7-10)19-11-12(21)14(23)16(25)15(24)13(11)22/h3-7,9,11-12,14-16,19,21,23-25H,8H2,1-2H3,(H,18,26)/t11?,12-,14-,15-,16-/m1/s1. The van der Waals surface area contributed by atoms with Crippen LogP contribution in [-0.2, 0) is 4.79 Å². The topological polar surface area (TPSA) is 125 Å². The number of carbonyl (C=O) groups is 1. The molecule has 0 amide bonds. The van der Waals surface area contributed by atoms with E-state index in [0.717, 1.165) is 0 Å². The van der Waals surface area contributed by atoms with Crippen molar-refractivity contribution in [2.24, 2.45) is 5.92 Å². The summed E-state index contributed by atoms with van der Waals surface area (Å²) in [4.78, 5) is 12.3. The van der Waals surface area contributed by atoms with Crippen LogP contribution in [0, 0.1) is 5.92 Å². The van der Waals surface area contributed by atoms with E-state index in [9.17, 15) is 25.2 Å². The number of Topliss-reactive ketones (excluding diaryl/α,β-unsaturated/α-hetero) is 1. The Bertz CT molecular complexity index is 630. The van der Waals surface area contributed by atoms with Crippen molar-refractivity contribution in [1.29, 1.82) is 0 Å². The van der Waals surface area contributed by atoms with Gasteiger partial charge in [-0.25, -0.2) is 5.43 Å². The van der Waals surface area contributed by atoms with E-state index >= 15 is 0 Å². The van der Waals surface area contributed by atoms with Crippen molar-refractivity contribution in [2.75, 3.05) is 11.6 Å². The summed E-state index contributed by atoms with van der Waals surface area (Å²) >= 11 is 5.39. The third kappa shape index (κ3) is 4.56. The SMILES string of the molecule is CC(C)CNC(=S)N(NC1C(=O)[C@@H](O)[C@H](O)[C@H](O)[C@@H]1O)c1ccccc1. The molecule has 1 aliphatic carbocycles. The molecule has 6 N–H and O–H groups in total. The maximum Gasteiger partial charge on any atom is 0.188 e. The Morgan fingerprint density at radius 2 is 1.73 bits per heavy atom. The number of carbonyl (C=O) groups excluding carboxylic acids is 1. The lowest BCUT2D eigenvalue weighted by molar-refractivity contribution is -0.168.